The van der Waals surface area contributed by atoms with Crippen LogP contribution in [0.2, 0.25) is 0 Å². The van der Waals surface area contributed by atoms with Gasteiger partial charge in [0.25, 0.3) is 0 Å². The third-order valence-corrected chi connectivity index (χ3v) is 5.03. The largest absolute Gasteiger partial charge is 0.490 e. The number of nitrogens with one attached hydrogen (secondary N) is 1. The van der Waals surface area contributed by atoms with Crippen molar-refractivity contribution < 1.29 is 14.4 Å². The molecule has 1 aromatic carbocycles. The number of benzene rings is 1. The smallest absolute Gasteiger partial charge is 0.311 e. The predicted octanol–water partition coefficient (Wildman–Crippen LogP) is 2.41. The van der Waals surface area contributed by atoms with Crippen molar-refractivity contribution in [3.05, 3.63) is 33.9 Å². The van der Waals surface area contributed by atoms with Crippen molar-refractivity contribution in [1.82, 2.24) is 10.2 Å². The Bertz CT molecular complexity index is 677. The lowest BCUT2D eigenvalue weighted by Crippen LogP contribution is -2.41. The Hall–Kier alpha value is -1.62. The van der Waals surface area contributed by atoms with Gasteiger partial charge < -0.3 is 19.7 Å². The molecule has 3 rings (SSSR count). The molecule has 2 saturated heterocycles. The van der Waals surface area contributed by atoms with E-state index in [1.807, 2.05) is 6.07 Å². The van der Waals surface area contributed by atoms with Gasteiger partial charge in [0.15, 0.2) is 11.7 Å². The van der Waals surface area contributed by atoms with E-state index in [1.165, 1.54) is 13.2 Å². The molecule has 26 heavy (non-hydrogen) atoms. The molecule has 1 spiro atoms. The van der Waals surface area contributed by atoms with Gasteiger partial charge in [0.05, 0.1) is 18.6 Å². The molecule has 1 N–H and O–H groups in total. The molecule has 0 aliphatic carbocycles. The van der Waals surface area contributed by atoms with E-state index in [2.05, 4.69) is 15.2 Å². The van der Waals surface area contributed by atoms with E-state index in [1.54, 1.807) is 13.1 Å². The maximum absolute atomic E-state index is 11.1. The van der Waals surface area contributed by atoms with E-state index in [0.29, 0.717) is 6.54 Å². The zero-order chi connectivity index (χ0) is 17.9. The number of aliphatic imine (C=N–C) groups is 1. The van der Waals surface area contributed by atoms with Crippen LogP contribution in [0, 0.1) is 15.5 Å². The van der Waals surface area contributed by atoms with Crippen LogP contribution in [0.3, 0.4) is 0 Å². The molecule has 2 aliphatic heterocycles. The van der Waals surface area contributed by atoms with E-state index in [4.69, 9.17) is 9.47 Å². The lowest BCUT2D eigenvalue weighted by atomic mass is 9.87. The highest BCUT2D eigenvalue weighted by molar-refractivity contribution is 14.0. The minimum atomic E-state index is -0.429. The van der Waals surface area contributed by atoms with E-state index < -0.39 is 4.92 Å². The molecule has 9 heteroatoms. The van der Waals surface area contributed by atoms with Gasteiger partial charge in [0, 0.05) is 44.8 Å². The number of hydrogen-bond acceptors (Lipinski definition) is 5. The minimum absolute atomic E-state index is 0. The molecule has 0 saturated carbocycles. The number of likely N-dealkylation sites (tertiary alicyclic amines) is 1. The molecule has 144 valence electrons. The Morgan fingerprint density at radius 1 is 1.50 bits per heavy atom. The standard InChI is InChI=1S/C17H24N4O4.HI/c1-18-16(20-7-5-17(11-20)6-8-25-12-17)19-10-13-3-4-15(24-2)14(9-13)21(22)23;/h3-4,9H,5-8,10-12H2,1-2H3,(H,18,19);1H. The van der Waals surface area contributed by atoms with Crippen molar-refractivity contribution >= 4 is 35.6 Å². The first kappa shape index (κ1) is 20.7. The Morgan fingerprint density at radius 3 is 2.92 bits per heavy atom. The summed E-state index contributed by atoms with van der Waals surface area (Å²) in [7, 11) is 3.19. The summed E-state index contributed by atoms with van der Waals surface area (Å²) in [5.74, 6) is 1.09. The average Bonchev–Trinajstić information content (AvgIpc) is 3.25. The summed E-state index contributed by atoms with van der Waals surface area (Å²) in [6, 6.07) is 4.98. The number of nitro benzene ring substituents is 1. The van der Waals surface area contributed by atoms with Gasteiger partial charge in [0.1, 0.15) is 0 Å². The summed E-state index contributed by atoms with van der Waals surface area (Å²) in [6.07, 6.45) is 2.22. The quantitative estimate of drug-likeness (QED) is 0.236. The number of nitro groups is 1. The van der Waals surface area contributed by atoms with Crippen molar-refractivity contribution in [2.75, 3.05) is 40.5 Å². The van der Waals surface area contributed by atoms with Crippen molar-refractivity contribution in [3.63, 3.8) is 0 Å². The molecule has 2 heterocycles. The summed E-state index contributed by atoms with van der Waals surface area (Å²) in [5, 5.41) is 14.5. The van der Waals surface area contributed by atoms with Gasteiger partial charge in [-0.15, -0.1) is 24.0 Å². The fourth-order valence-electron chi connectivity index (χ4n) is 3.59. The zero-order valence-corrected chi connectivity index (χ0v) is 17.4. The highest BCUT2D eigenvalue weighted by Gasteiger charge is 2.42. The number of hydrogen-bond donors (Lipinski definition) is 1. The van der Waals surface area contributed by atoms with Crippen LogP contribution in [0.15, 0.2) is 23.2 Å². The highest BCUT2D eigenvalue weighted by Crippen LogP contribution is 2.38. The third-order valence-electron chi connectivity index (χ3n) is 5.03. The molecule has 1 aromatic rings. The number of ether oxygens (including phenoxy) is 2. The maximum Gasteiger partial charge on any atom is 0.311 e. The lowest BCUT2D eigenvalue weighted by Gasteiger charge is -2.25. The Kier molecular flexibility index (Phi) is 7.04. The van der Waals surface area contributed by atoms with Crippen molar-refractivity contribution in [3.8, 4) is 5.75 Å². The second-order valence-corrected chi connectivity index (χ2v) is 6.64. The fraction of sp³-hybridized carbons (Fsp3) is 0.588. The number of nitrogens with zero attached hydrogens (tertiary/aromatic N) is 3. The molecule has 2 aliphatic rings. The average molecular weight is 476 g/mol. The van der Waals surface area contributed by atoms with Crippen LogP contribution in [0.5, 0.6) is 5.75 Å². The first-order chi connectivity index (χ1) is 12.1. The second kappa shape index (κ2) is 8.85. The Morgan fingerprint density at radius 2 is 2.31 bits per heavy atom. The highest BCUT2D eigenvalue weighted by atomic mass is 127. The lowest BCUT2D eigenvalue weighted by molar-refractivity contribution is -0.385. The minimum Gasteiger partial charge on any atom is -0.490 e. The molecule has 0 aromatic heterocycles. The monoisotopic (exact) mass is 476 g/mol. The van der Waals surface area contributed by atoms with Gasteiger partial charge in [-0.3, -0.25) is 15.1 Å². The molecular formula is C17H25IN4O4. The van der Waals surface area contributed by atoms with Crippen molar-refractivity contribution in [1.29, 1.82) is 0 Å². The van der Waals surface area contributed by atoms with Gasteiger partial charge in [0.2, 0.25) is 0 Å². The number of methoxy groups -OCH3 is 1. The van der Waals surface area contributed by atoms with E-state index in [0.717, 1.165) is 50.7 Å². The first-order valence-electron chi connectivity index (χ1n) is 8.41. The molecular weight excluding hydrogens is 451 g/mol. The summed E-state index contributed by atoms with van der Waals surface area (Å²) in [4.78, 5) is 17.3. The van der Waals surface area contributed by atoms with Crippen LogP contribution < -0.4 is 10.1 Å². The van der Waals surface area contributed by atoms with E-state index in [9.17, 15) is 10.1 Å². The van der Waals surface area contributed by atoms with Gasteiger partial charge in [-0.1, -0.05) is 6.07 Å². The van der Waals surface area contributed by atoms with E-state index in [-0.39, 0.29) is 40.8 Å². The predicted molar refractivity (Wildman–Crippen MR) is 109 cm³/mol. The summed E-state index contributed by atoms with van der Waals surface area (Å²) < 4.78 is 10.6. The van der Waals surface area contributed by atoms with Gasteiger partial charge in [-0.2, -0.15) is 0 Å². The fourth-order valence-corrected chi connectivity index (χ4v) is 3.59. The zero-order valence-electron chi connectivity index (χ0n) is 15.1. The van der Waals surface area contributed by atoms with Crippen LogP contribution in [-0.2, 0) is 11.3 Å². The number of halogens is 1. The number of guanidine groups is 1. The van der Waals surface area contributed by atoms with E-state index >= 15 is 0 Å². The summed E-state index contributed by atoms with van der Waals surface area (Å²) >= 11 is 0. The third kappa shape index (κ3) is 4.37. The Labute approximate surface area is 170 Å². The number of rotatable bonds is 4. The van der Waals surface area contributed by atoms with Crippen molar-refractivity contribution in [2.45, 2.75) is 19.4 Å². The molecule has 2 fully saturated rings. The topological polar surface area (TPSA) is 89.2 Å². The molecule has 0 bridgehead atoms. The van der Waals surface area contributed by atoms with Crippen LogP contribution >= 0.6 is 24.0 Å². The Balaban J connectivity index is 0.00000243. The first-order valence-corrected chi connectivity index (χ1v) is 8.41. The van der Waals surface area contributed by atoms with Gasteiger partial charge in [-0.05, 0) is 24.5 Å². The maximum atomic E-state index is 11.1. The van der Waals surface area contributed by atoms with Gasteiger partial charge in [-0.25, -0.2) is 0 Å². The normalized spacial score (nSPS) is 22.4. The van der Waals surface area contributed by atoms with Crippen LogP contribution in [0.4, 0.5) is 5.69 Å². The summed E-state index contributed by atoms with van der Waals surface area (Å²) in [6.45, 7) is 4.03. The van der Waals surface area contributed by atoms with Crippen molar-refractivity contribution in [2.24, 2.45) is 10.4 Å². The summed E-state index contributed by atoms with van der Waals surface area (Å²) in [5.41, 5.74) is 1.04. The molecule has 8 nitrogen and oxygen atoms in total. The SMILES string of the molecule is CN=C(NCc1ccc(OC)c([N+](=O)[O-])c1)N1CCC2(CCOC2)C1.I. The second-order valence-electron chi connectivity index (χ2n) is 6.64. The van der Waals surface area contributed by atoms with Crippen LogP contribution in [0.1, 0.15) is 18.4 Å². The molecule has 0 amide bonds. The van der Waals surface area contributed by atoms with Crippen LogP contribution in [-0.4, -0.2) is 56.2 Å². The van der Waals surface area contributed by atoms with Gasteiger partial charge >= 0.3 is 5.69 Å². The molecule has 1 atom stereocenters. The molecule has 1 unspecified atom stereocenters. The van der Waals surface area contributed by atoms with Crippen LogP contribution in [0.25, 0.3) is 0 Å². The molecule has 0 radical (unpaired) electrons.